The fourth-order valence-corrected chi connectivity index (χ4v) is 3.27. The Morgan fingerprint density at radius 3 is 2.31 bits per heavy atom. The zero-order valence-electron chi connectivity index (χ0n) is 15.7. The zero-order valence-corrected chi connectivity index (χ0v) is 16.4. The second-order valence-corrected chi connectivity index (χ2v) is 6.33. The number of rotatable bonds is 9. The van der Waals surface area contributed by atoms with E-state index in [9.17, 15) is 4.79 Å². The summed E-state index contributed by atoms with van der Waals surface area (Å²) in [5.41, 5.74) is 1.65. The number of nitrogens with one attached hydrogen (secondary N) is 1. The molecule has 1 N–H and O–H groups in total. The van der Waals surface area contributed by atoms with Gasteiger partial charge in [-0.15, -0.1) is 0 Å². The maximum atomic E-state index is 12.5. The Balaban J connectivity index is 2.11. The largest absolute Gasteiger partial charge is 0.494 e. The molecule has 0 unspecified atom stereocenters. The normalized spacial score (nSPS) is 12.0. The first-order chi connectivity index (χ1) is 12.6. The van der Waals surface area contributed by atoms with Crippen molar-refractivity contribution in [2.24, 2.45) is 0 Å². The summed E-state index contributed by atoms with van der Waals surface area (Å²) < 4.78 is 5.42. The van der Waals surface area contributed by atoms with Crippen molar-refractivity contribution in [1.29, 1.82) is 0 Å². The molecule has 0 spiro atoms. The molecule has 2 aromatic carbocycles. The molecule has 0 radical (unpaired) electrons. The Morgan fingerprint density at radius 2 is 1.73 bits per heavy atom. The zero-order chi connectivity index (χ0) is 18.9. The fourth-order valence-electron chi connectivity index (χ4n) is 3.01. The number of halogens is 1. The van der Waals surface area contributed by atoms with E-state index >= 15 is 0 Å². The lowest BCUT2D eigenvalue weighted by Crippen LogP contribution is -2.38. The first-order valence-electron chi connectivity index (χ1n) is 9.10. The van der Waals surface area contributed by atoms with Crippen LogP contribution >= 0.6 is 11.6 Å². The molecule has 4 nitrogen and oxygen atoms in total. The number of hydrogen-bond acceptors (Lipinski definition) is 3. The monoisotopic (exact) mass is 374 g/mol. The van der Waals surface area contributed by atoms with Crippen LogP contribution in [0.1, 0.15) is 42.7 Å². The second kappa shape index (κ2) is 10.2. The van der Waals surface area contributed by atoms with E-state index in [-0.39, 0.29) is 11.9 Å². The number of amides is 1. The highest BCUT2D eigenvalue weighted by molar-refractivity contribution is 6.31. The summed E-state index contributed by atoms with van der Waals surface area (Å²) in [4.78, 5) is 14.8. The van der Waals surface area contributed by atoms with Gasteiger partial charge >= 0.3 is 0 Å². The molecule has 2 rings (SSSR count). The number of ether oxygens (including phenoxy) is 1. The maximum Gasteiger partial charge on any atom is 0.251 e. The lowest BCUT2D eigenvalue weighted by Gasteiger charge is -2.31. The number of benzene rings is 2. The van der Waals surface area contributed by atoms with E-state index in [1.54, 1.807) is 12.1 Å². The van der Waals surface area contributed by atoms with Gasteiger partial charge in [-0.2, -0.15) is 0 Å². The molecule has 0 bridgehead atoms. The van der Waals surface area contributed by atoms with Crippen LogP contribution in [0.5, 0.6) is 5.75 Å². The van der Waals surface area contributed by atoms with Gasteiger partial charge in [0.2, 0.25) is 0 Å². The van der Waals surface area contributed by atoms with Crippen molar-refractivity contribution in [1.82, 2.24) is 10.2 Å². The lowest BCUT2D eigenvalue weighted by atomic mass is 10.0. The Hall–Kier alpha value is -2.04. The van der Waals surface area contributed by atoms with Gasteiger partial charge < -0.3 is 10.1 Å². The van der Waals surface area contributed by atoms with Crippen LogP contribution in [-0.2, 0) is 0 Å². The number of likely N-dealkylation sites (N-methyl/N-ethyl adjacent to an activating group) is 1. The predicted molar refractivity (Wildman–Crippen MR) is 107 cm³/mol. The van der Waals surface area contributed by atoms with Crippen LogP contribution in [0.4, 0.5) is 0 Å². The van der Waals surface area contributed by atoms with Crippen LogP contribution in [0.15, 0.2) is 48.5 Å². The fraction of sp³-hybridized carbons (Fsp3) is 0.381. The van der Waals surface area contributed by atoms with Crippen molar-refractivity contribution in [2.75, 3.05) is 26.2 Å². The molecule has 0 heterocycles. The summed E-state index contributed by atoms with van der Waals surface area (Å²) in [5, 5.41) is 3.77. The smallest absolute Gasteiger partial charge is 0.251 e. The number of nitrogens with zero attached hydrogens (tertiary/aromatic N) is 1. The molecule has 0 aliphatic heterocycles. The standard InChI is InChI=1S/C21H27ClN2O2/c1-4-24(5-2)20(18-9-7-8-10-19(18)22)15-23-21(25)16-11-13-17(14-12-16)26-6-3/h7-14,20H,4-6,15H2,1-3H3,(H,23,25)/t20-/m1/s1. The van der Waals surface area contributed by atoms with Crippen molar-refractivity contribution >= 4 is 17.5 Å². The molecule has 1 amide bonds. The van der Waals surface area contributed by atoms with Gasteiger partial charge in [-0.25, -0.2) is 0 Å². The van der Waals surface area contributed by atoms with E-state index < -0.39 is 0 Å². The number of carbonyl (C=O) groups excluding carboxylic acids is 1. The Labute approximate surface area is 161 Å². The quantitative estimate of drug-likeness (QED) is 0.700. The third-order valence-corrected chi connectivity index (χ3v) is 4.75. The van der Waals surface area contributed by atoms with Crippen LogP contribution in [0, 0.1) is 0 Å². The average Bonchev–Trinajstić information content (AvgIpc) is 2.66. The Morgan fingerprint density at radius 1 is 1.08 bits per heavy atom. The molecule has 0 saturated heterocycles. The Kier molecular flexibility index (Phi) is 7.95. The van der Waals surface area contributed by atoms with Gasteiger partial charge in [-0.3, -0.25) is 9.69 Å². The minimum atomic E-state index is -0.0998. The van der Waals surface area contributed by atoms with Gasteiger partial charge in [0.25, 0.3) is 5.91 Å². The van der Waals surface area contributed by atoms with Gasteiger partial charge in [0, 0.05) is 17.1 Å². The van der Waals surface area contributed by atoms with Crippen LogP contribution in [-0.4, -0.2) is 37.0 Å². The SMILES string of the molecule is CCOc1ccc(C(=O)NC[C@H](c2ccccc2Cl)N(CC)CC)cc1. The van der Waals surface area contributed by atoms with Crippen LogP contribution in [0.3, 0.4) is 0 Å². The highest BCUT2D eigenvalue weighted by atomic mass is 35.5. The van der Waals surface area contributed by atoms with E-state index in [1.165, 1.54) is 0 Å². The predicted octanol–water partition coefficient (Wildman–Crippen LogP) is 4.55. The van der Waals surface area contributed by atoms with E-state index in [0.29, 0.717) is 18.7 Å². The second-order valence-electron chi connectivity index (χ2n) is 5.93. The van der Waals surface area contributed by atoms with Gasteiger partial charge in [-0.1, -0.05) is 43.6 Å². The van der Waals surface area contributed by atoms with Gasteiger partial charge in [0.1, 0.15) is 5.75 Å². The summed E-state index contributed by atoms with van der Waals surface area (Å²) in [7, 11) is 0. The summed E-state index contributed by atoms with van der Waals surface area (Å²) in [6.07, 6.45) is 0. The van der Waals surface area contributed by atoms with E-state index in [0.717, 1.165) is 29.4 Å². The molecule has 0 aliphatic rings. The minimum absolute atomic E-state index is 0.0327. The van der Waals surface area contributed by atoms with E-state index in [4.69, 9.17) is 16.3 Å². The van der Waals surface area contributed by atoms with Gasteiger partial charge in [0.05, 0.1) is 12.6 Å². The van der Waals surface area contributed by atoms with E-state index in [2.05, 4.69) is 24.1 Å². The average molecular weight is 375 g/mol. The summed E-state index contributed by atoms with van der Waals surface area (Å²) in [6, 6.07) is 15.0. The third kappa shape index (κ3) is 5.23. The highest BCUT2D eigenvalue weighted by Gasteiger charge is 2.21. The third-order valence-electron chi connectivity index (χ3n) is 4.40. The first kappa shape index (κ1) is 20.3. The van der Waals surface area contributed by atoms with E-state index in [1.807, 2.05) is 43.3 Å². The number of hydrogen-bond donors (Lipinski definition) is 1. The molecule has 2 aromatic rings. The van der Waals surface area contributed by atoms with Crippen LogP contribution in [0.2, 0.25) is 5.02 Å². The molecular weight excluding hydrogens is 348 g/mol. The highest BCUT2D eigenvalue weighted by Crippen LogP contribution is 2.27. The van der Waals surface area contributed by atoms with Crippen molar-refractivity contribution in [2.45, 2.75) is 26.8 Å². The lowest BCUT2D eigenvalue weighted by molar-refractivity contribution is 0.0935. The molecule has 0 fully saturated rings. The number of carbonyl (C=O) groups is 1. The Bertz CT molecular complexity index is 699. The molecule has 0 saturated carbocycles. The molecule has 26 heavy (non-hydrogen) atoms. The summed E-state index contributed by atoms with van der Waals surface area (Å²) in [5.74, 6) is 0.665. The van der Waals surface area contributed by atoms with Crippen LogP contribution < -0.4 is 10.1 Å². The van der Waals surface area contributed by atoms with Crippen molar-refractivity contribution in [3.8, 4) is 5.75 Å². The van der Waals surface area contributed by atoms with Gasteiger partial charge in [-0.05, 0) is 55.9 Å². The van der Waals surface area contributed by atoms with Crippen molar-refractivity contribution in [3.05, 3.63) is 64.7 Å². The summed E-state index contributed by atoms with van der Waals surface area (Å²) >= 11 is 6.40. The molecule has 0 aliphatic carbocycles. The molecule has 1 atom stereocenters. The van der Waals surface area contributed by atoms with Crippen LogP contribution in [0.25, 0.3) is 0 Å². The topological polar surface area (TPSA) is 41.6 Å². The molecule has 5 heteroatoms. The first-order valence-corrected chi connectivity index (χ1v) is 9.48. The van der Waals surface area contributed by atoms with Crippen molar-refractivity contribution in [3.63, 3.8) is 0 Å². The molecule has 140 valence electrons. The molecule has 0 aromatic heterocycles. The minimum Gasteiger partial charge on any atom is -0.494 e. The van der Waals surface area contributed by atoms with Crippen molar-refractivity contribution < 1.29 is 9.53 Å². The maximum absolute atomic E-state index is 12.5. The van der Waals surface area contributed by atoms with Gasteiger partial charge in [0.15, 0.2) is 0 Å². The molecular formula is C21H27ClN2O2. The summed E-state index contributed by atoms with van der Waals surface area (Å²) in [6.45, 7) is 9.02.